The van der Waals surface area contributed by atoms with Crippen LogP contribution in [-0.2, 0) is 105 Å². The Bertz CT molecular complexity index is 3180. The molecular weight excluding hydrogens is 1610 g/mol. The number of hydrogen-bond donors (Lipinski definition) is 30. The van der Waals surface area contributed by atoms with Crippen molar-refractivity contribution >= 4 is 35.4 Å². The molecule has 44 atom stereocenters. The van der Waals surface area contributed by atoms with Gasteiger partial charge in [-0.15, -0.1) is 0 Å². The summed E-state index contributed by atoms with van der Waals surface area (Å²) in [5.41, 5.74) is 0. The lowest BCUT2D eigenvalue weighted by atomic mass is 9.94. The van der Waals surface area contributed by atoms with Crippen LogP contribution in [0.25, 0.3) is 0 Å². The summed E-state index contributed by atoms with van der Waals surface area (Å²) in [4.78, 5) is 75.9. The molecule has 0 aromatic rings. The molecule has 8 aliphatic heterocycles. The third-order valence-electron chi connectivity index (χ3n) is 20.8. The van der Waals surface area contributed by atoms with Gasteiger partial charge < -0.3 is 230 Å². The van der Waals surface area contributed by atoms with Gasteiger partial charge in [0.2, 0.25) is 35.4 Å². The van der Waals surface area contributed by atoms with Crippen molar-refractivity contribution in [3.8, 4) is 0 Å². The largest absolute Gasteiger partial charge is 0.394 e. The molecule has 8 saturated heterocycles. The van der Waals surface area contributed by atoms with Crippen molar-refractivity contribution in [2.75, 3.05) is 66.1 Å². The lowest BCUT2D eigenvalue weighted by molar-refractivity contribution is -0.402. The molecule has 0 aliphatic carbocycles. The van der Waals surface area contributed by atoms with E-state index in [4.69, 9.17) is 75.8 Å². The van der Waals surface area contributed by atoms with Crippen LogP contribution in [0.1, 0.15) is 41.5 Å². The van der Waals surface area contributed by atoms with Gasteiger partial charge >= 0.3 is 0 Å². The Kier molecular flexibility index (Phi) is 37.0. The molecule has 8 aliphatic rings. The normalized spacial score (nSPS) is 44.1. The van der Waals surface area contributed by atoms with E-state index < -0.39 is 371 Å². The highest BCUT2D eigenvalue weighted by Crippen LogP contribution is 2.40. The van der Waals surface area contributed by atoms with Crippen LogP contribution in [0.2, 0.25) is 0 Å². The van der Waals surface area contributed by atoms with Gasteiger partial charge in [0, 0.05) is 41.5 Å². The van der Waals surface area contributed by atoms with Gasteiger partial charge in [0.15, 0.2) is 50.3 Å². The number of aliphatic hydroxyl groups is 24. The highest BCUT2D eigenvalue weighted by Gasteiger charge is 2.61. The van der Waals surface area contributed by atoms with Crippen molar-refractivity contribution in [1.29, 1.82) is 0 Å². The molecule has 30 N–H and O–H groups in total. The summed E-state index contributed by atoms with van der Waals surface area (Å²) in [6.45, 7) is -5.64. The lowest BCUT2D eigenvalue weighted by Crippen LogP contribution is -2.71. The Morgan fingerprint density at radius 3 is 0.949 bits per heavy atom. The Balaban J connectivity index is 1.20. The predicted octanol–water partition coefficient (Wildman–Crippen LogP) is -20.1. The molecule has 682 valence electrons. The zero-order valence-corrected chi connectivity index (χ0v) is 64.2. The van der Waals surface area contributed by atoms with Crippen molar-refractivity contribution < 1.29 is 227 Å². The van der Waals surface area contributed by atoms with Gasteiger partial charge in [-0.2, -0.15) is 0 Å². The van der Waals surface area contributed by atoms with E-state index in [0.29, 0.717) is 0 Å². The fraction of sp³-hybridized carbons (Fsp3) is 0.909. The number of carbonyl (C=O) groups excluding carboxylic acids is 6. The van der Waals surface area contributed by atoms with E-state index in [9.17, 15) is 151 Å². The summed E-state index contributed by atoms with van der Waals surface area (Å²) >= 11 is 0. The number of nitrogens with one attached hydrogen (secondary N) is 6. The van der Waals surface area contributed by atoms with Crippen molar-refractivity contribution in [2.24, 2.45) is 0 Å². The quantitative estimate of drug-likeness (QED) is 0.0280. The number of hydrogen-bond acceptors (Lipinski definition) is 46. The first-order valence-electron chi connectivity index (χ1n) is 37.5. The summed E-state index contributed by atoms with van der Waals surface area (Å²) in [6, 6.07) is -11.0. The smallest absolute Gasteiger partial charge is 0.217 e. The Morgan fingerprint density at radius 2 is 0.585 bits per heavy atom. The van der Waals surface area contributed by atoms with Crippen LogP contribution in [0.3, 0.4) is 0 Å². The second-order valence-electron chi connectivity index (χ2n) is 29.4. The minimum atomic E-state index is -2.65. The Labute approximate surface area is 670 Å². The molecule has 8 fully saturated rings. The molecule has 52 nitrogen and oxygen atoms in total. The number of carbonyl (C=O) groups is 6. The number of rotatable bonds is 35. The van der Waals surface area contributed by atoms with E-state index in [0.717, 1.165) is 41.5 Å². The SMILES string of the molecule is CC(=O)N[C@H]1[C@H](O[C@@H]([C@H](O)[C@H](CO)NC(C)=O)[C@H](O)CO)O[C@H](CO)[C@@H](O[C@@H]2O[C@H](CO[C@H]3O[C@H](CO)[C@@H](O)[C@H](O)[C@@H]3O[C@@H]3O[C@H](CO)[C@@H](O[C@@H]4O[C@H](CO)[C@H](O)[C@H](O)[C@H]4NC(C)=O)[C@H](O)[C@H]3NC(C)=O)[C@@H](O)[C@H](O[C@H]3O[C@H](CO)[C@@H](O[C@@H]4O[C@H](CO)[C@@H](O)[C@H](O)[C@H]4NC(C)=O)[C@H](O)[C@@H]3O[C@@H]3O[C@H](CO)[C@@H](O)[C@H](O)[C@H]3NC(C)=O)[C@@H]2O)[C@@H]1O. The van der Waals surface area contributed by atoms with E-state index in [1.54, 1.807) is 0 Å². The summed E-state index contributed by atoms with van der Waals surface area (Å²) in [5, 5.41) is 283. The van der Waals surface area contributed by atoms with Crippen molar-refractivity contribution in [1.82, 2.24) is 31.9 Å². The Hall–Kier alpha value is -4.78. The summed E-state index contributed by atoms with van der Waals surface area (Å²) < 4.78 is 96.8. The van der Waals surface area contributed by atoms with Gasteiger partial charge in [-0.3, -0.25) is 28.8 Å². The fourth-order valence-electron chi connectivity index (χ4n) is 14.9. The molecule has 6 amide bonds. The fourth-order valence-corrected chi connectivity index (χ4v) is 14.9. The van der Waals surface area contributed by atoms with Crippen LogP contribution in [-0.4, -0.2) is 494 Å². The summed E-state index contributed by atoms with van der Waals surface area (Å²) in [6.07, 6.45) is -81.3. The third-order valence-corrected chi connectivity index (χ3v) is 20.8. The first kappa shape index (κ1) is 98.7. The molecular formula is C66H112N6O46. The zero-order chi connectivity index (χ0) is 87.5. The van der Waals surface area contributed by atoms with Crippen LogP contribution in [0.5, 0.6) is 0 Å². The maximum atomic E-state index is 13.1. The molecule has 0 aromatic carbocycles. The molecule has 0 saturated carbocycles. The maximum Gasteiger partial charge on any atom is 0.217 e. The van der Waals surface area contributed by atoms with Crippen molar-refractivity contribution in [3.05, 3.63) is 0 Å². The average Bonchev–Trinajstić information content (AvgIpc) is 0.764. The minimum Gasteiger partial charge on any atom is -0.394 e. The topological polar surface area (TPSA) is 808 Å². The van der Waals surface area contributed by atoms with Gasteiger partial charge in [-0.1, -0.05) is 0 Å². The Morgan fingerprint density at radius 1 is 0.288 bits per heavy atom. The maximum absolute atomic E-state index is 13.1. The molecule has 0 spiro atoms. The minimum absolute atomic E-state index is 0.809. The van der Waals surface area contributed by atoms with Gasteiger partial charge in [0.05, 0.1) is 72.1 Å². The number of ether oxygens (including phenoxy) is 16. The highest BCUT2D eigenvalue weighted by atomic mass is 16.8. The molecule has 0 radical (unpaired) electrons. The number of amides is 6. The standard InChI is InChI=1S/C66H112N6O46/c1-17(82)67-23(7-73)38(89)52(24(88)8-74)112-62-36(71-21(5)86)48(99)54(30(14-80)108-62)115-64-51(102)56(116-66-58(118-61-35(70-20(4)85)46(97)41(92)27(11-77)106-61)50(101)55(31(15-81)110-66)114-60-34(69-19(3)84)45(96)40(91)26(10-76)105-60)43(94)32(111-64)16-103-65-57(49(100)42(93)28(12-78)107-65)117-63-37(72-22(6)87)47(98)53(29(13-79)109-63)113-59-33(68-18(2)83)44(95)39(90)25(9-75)104-59/h23-66,73-81,88-102H,7-16H2,1-6H3,(H,67,82)(H,68,83)(H,69,84)(H,70,85)(H,71,86)(H,72,87)/t23-,24+,25+,26+,27+,28+,29+,30+,31+,32+,33+,34+,35+,36+,37+,38+,39-,40+,41+,42+,43+,44+,45+,46+,47+,48+,49-,50-,51-,52+,53+,54+,55+,56-,57-,58-,59-,60-,61-,62-,63-,64-,65-,66+/m0/s1. The van der Waals surface area contributed by atoms with Crippen LogP contribution in [0.4, 0.5) is 0 Å². The van der Waals surface area contributed by atoms with Crippen LogP contribution < -0.4 is 31.9 Å². The monoisotopic (exact) mass is 1720 g/mol. The number of aliphatic hydroxyl groups excluding tert-OH is 24. The van der Waals surface area contributed by atoms with E-state index >= 15 is 0 Å². The molecule has 52 heteroatoms. The molecule has 0 aromatic heterocycles. The lowest BCUT2D eigenvalue weighted by Gasteiger charge is -2.51. The van der Waals surface area contributed by atoms with Crippen molar-refractivity contribution in [2.45, 2.75) is 311 Å². The summed E-state index contributed by atoms with van der Waals surface area (Å²) in [5.74, 6) is -5.40. The van der Waals surface area contributed by atoms with E-state index in [1.807, 2.05) is 0 Å². The third kappa shape index (κ3) is 23.0. The second-order valence-corrected chi connectivity index (χ2v) is 29.4. The average molecular weight is 1730 g/mol. The predicted molar refractivity (Wildman–Crippen MR) is 369 cm³/mol. The van der Waals surface area contributed by atoms with E-state index in [2.05, 4.69) is 31.9 Å². The summed E-state index contributed by atoms with van der Waals surface area (Å²) in [7, 11) is 0. The van der Waals surface area contributed by atoms with E-state index in [1.165, 1.54) is 0 Å². The van der Waals surface area contributed by atoms with E-state index in [-0.39, 0.29) is 0 Å². The first-order chi connectivity index (χ1) is 55.8. The highest BCUT2D eigenvalue weighted by molar-refractivity contribution is 5.75. The second kappa shape index (κ2) is 44.2. The van der Waals surface area contributed by atoms with Gasteiger partial charge in [-0.05, 0) is 0 Å². The zero-order valence-electron chi connectivity index (χ0n) is 64.2. The molecule has 0 unspecified atom stereocenters. The molecule has 0 bridgehead atoms. The first-order valence-corrected chi connectivity index (χ1v) is 37.5. The van der Waals surface area contributed by atoms with Crippen LogP contribution in [0, 0.1) is 0 Å². The van der Waals surface area contributed by atoms with Crippen LogP contribution in [0.15, 0.2) is 0 Å². The van der Waals surface area contributed by atoms with Crippen molar-refractivity contribution in [3.63, 3.8) is 0 Å². The molecule has 8 rings (SSSR count). The molecule has 118 heavy (non-hydrogen) atoms. The van der Waals surface area contributed by atoms with Gasteiger partial charge in [0.25, 0.3) is 0 Å². The molecule has 8 heterocycles. The van der Waals surface area contributed by atoms with Crippen LogP contribution >= 0.6 is 0 Å². The van der Waals surface area contributed by atoms with Gasteiger partial charge in [0.1, 0.15) is 213 Å². The van der Waals surface area contributed by atoms with Gasteiger partial charge in [-0.25, -0.2) is 0 Å².